The van der Waals surface area contributed by atoms with E-state index < -0.39 is 10.8 Å². The van der Waals surface area contributed by atoms with Crippen LogP contribution in [0.2, 0.25) is 5.02 Å². The van der Waals surface area contributed by atoms with E-state index in [2.05, 4.69) is 0 Å². The fourth-order valence-corrected chi connectivity index (χ4v) is 2.98. The molecule has 126 valence electrons. The highest BCUT2D eigenvalue weighted by Gasteiger charge is 2.33. The number of hydrogen-bond donors (Lipinski definition) is 1. The summed E-state index contributed by atoms with van der Waals surface area (Å²) in [7, 11) is 1.05. The fraction of sp³-hybridized carbons (Fsp3) is 0.625. The van der Waals surface area contributed by atoms with E-state index in [1.54, 1.807) is 19.6 Å². The molecule has 0 saturated heterocycles. The number of halogens is 2. The van der Waals surface area contributed by atoms with Gasteiger partial charge in [0.25, 0.3) is 0 Å². The van der Waals surface area contributed by atoms with Crippen molar-refractivity contribution in [3.63, 3.8) is 0 Å². The van der Waals surface area contributed by atoms with Crippen molar-refractivity contribution in [2.24, 2.45) is 0 Å². The Bertz CT molecular complexity index is 537. The van der Waals surface area contributed by atoms with Crippen LogP contribution in [0, 0.1) is 6.92 Å². The Hall–Kier alpha value is -0.290. The van der Waals surface area contributed by atoms with E-state index in [0.717, 1.165) is 40.3 Å². The monoisotopic (exact) mass is 366 g/mol. The van der Waals surface area contributed by atoms with E-state index in [9.17, 15) is 9.32 Å². The molecule has 1 atom stereocenters. The molecular weight excluding hydrogens is 343 g/mol. The zero-order chi connectivity index (χ0) is 17.0. The molecule has 0 spiro atoms. The van der Waals surface area contributed by atoms with Gasteiger partial charge in [0.05, 0.1) is 18.6 Å². The molecule has 1 fully saturated rings. The normalized spacial score (nSPS) is 21.7. The third-order valence-corrected chi connectivity index (χ3v) is 4.33. The molecular formula is C16H24Cl2O3S. The van der Waals surface area contributed by atoms with Gasteiger partial charge >= 0.3 is 0 Å². The first kappa shape index (κ1) is 19.8. The quantitative estimate of drug-likeness (QED) is 0.815. The van der Waals surface area contributed by atoms with E-state index in [1.807, 2.05) is 19.9 Å². The van der Waals surface area contributed by atoms with Crippen molar-refractivity contribution in [2.45, 2.75) is 44.1 Å². The van der Waals surface area contributed by atoms with Crippen molar-refractivity contribution in [1.29, 1.82) is 0 Å². The third kappa shape index (κ3) is 4.85. The van der Waals surface area contributed by atoms with Gasteiger partial charge in [0.15, 0.2) is 0 Å². The van der Waals surface area contributed by atoms with Gasteiger partial charge in [-0.3, -0.25) is 4.21 Å². The minimum Gasteiger partial charge on any atom is -0.496 e. The van der Waals surface area contributed by atoms with Crippen molar-refractivity contribution in [1.82, 2.24) is 0 Å². The summed E-state index contributed by atoms with van der Waals surface area (Å²) in [6, 6.07) is 1.88. The number of alkyl halides is 1. The van der Waals surface area contributed by atoms with Crippen molar-refractivity contribution in [3.8, 4) is 5.75 Å². The lowest BCUT2D eigenvalue weighted by Gasteiger charge is -2.34. The summed E-state index contributed by atoms with van der Waals surface area (Å²) < 4.78 is 15.1. The number of aliphatic hydroxyl groups is 1. The highest BCUT2D eigenvalue weighted by molar-refractivity contribution is 7.83. The molecule has 3 nitrogen and oxygen atoms in total. The lowest BCUT2D eigenvalue weighted by molar-refractivity contribution is 0.0735. The van der Waals surface area contributed by atoms with E-state index in [4.69, 9.17) is 27.9 Å². The lowest BCUT2D eigenvalue weighted by atomic mass is 9.75. The van der Waals surface area contributed by atoms with Crippen LogP contribution in [0.25, 0.3) is 0 Å². The zero-order valence-electron chi connectivity index (χ0n) is 13.7. The Morgan fingerprint density at radius 3 is 2.27 bits per heavy atom. The number of hydrogen-bond acceptors (Lipinski definition) is 3. The highest BCUT2D eigenvalue weighted by atomic mass is 35.5. The smallest absolute Gasteiger partial charge is 0.127 e. The van der Waals surface area contributed by atoms with Gasteiger partial charge in [-0.2, -0.15) is 0 Å². The molecule has 1 aromatic rings. The summed E-state index contributed by atoms with van der Waals surface area (Å²) in [4.78, 5) is 0. The van der Waals surface area contributed by atoms with E-state index in [1.165, 1.54) is 0 Å². The topological polar surface area (TPSA) is 46.5 Å². The SMILES string of the molecule is COc1c(C(C)Cl)cc(Cl)c(C)c1C1CC(O)C1.CS(C)=O. The van der Waals surface area contributed by atoms with Crippen LogP contribution in [0.1, 0.15) is 47.8 Å². The maximum absolute atomic E-state index is 9.56. The third-order valence-electron chi connectivity index (χ3n) is 3.71. The summed E-state index contributed by atoms with van der Waals surface area (Å²) in [5.41, 5.74) is 3.07. The maximum atomic E-state index is 9.56. The summed E-state index contributed by atoms with van der Waals surface area (Å²) in [6.07, 6.45) is 4.62. The van der Waals surface area contributed by atoms with Crippen molar-refractivity contribution in [2.75, 3.05) is 19.6 Å². The van der Waals surface area contributed by atoms with Crippen LogP contribution in [0.3, 0.4) is 0 Å². The molecule has 22 heavy (non-hydrogen) atoms. The molecule has 1 aliphatic carbocycles. The first-order valence-corrected chi connectivity index (χ1v) is 9.91. The van der Waals surface area contributed by atoms with Gasteiger partial charge in [0.2, 0.25) is 0 Å². The summed E-state index contributed by atoms with van der Waals surface area (Å²) in [6.45, 7) is 3.90. The number of rotatable bonds is 3. The molecule has 0 amide bonds. The minimum absolute atomic E-state index is 0.151. The van der Waals surface area contributed by atoms with Crippen LogP contribution in [0.5, 0.6) is 5.75 Å². The molecule has 0 aromatic heterocycles. The fourth-order valence-electron chi connectivity index (χ4n) is 2.60. The summed E-state index contributed by atoms with van der Waals surface area (Å²) >= 11 is 12.5. The number of methoxy groups -OCH3 is 1. The Morgan fingerprint density at radius 2 is 1.91 bits per heavy atom. The van der Waals surface area contributed by atoms with E-state index in [-0.39, 0.29) is 11.5 Å². The minimum atomic E-state index is -0.611. The largest absolute Gasteiger partial charge is 0.496 e. The molecule has 2 rings (SSSR count). The maximum Gasteiger partial charge on any atom is 0.127 e. The van der Waals surface area contributed by atoms with Gasteiger partial charge in [-0.15, -0.1) is 11.6 Å². The van der Waals surface area contributed by atoms with Crippen LogP contribution >= 0.6 is 23.2 Å². The van der Waals surface area contributed by atoms with Gasteiger partial charge in [0, 0.05) is 39.5 Å². The Labute approximate surface area is 145 Å². The van der Waals surface area contributed by atoms with Crippen molar-refractivity contribution >= 4 is 34.0 Å². The molecule has 1 aliphatic rings. The van der Waals surface area contributed by atoms with Crippen LogP contribution in [-0.2, 0) is 10.8 Å². The van der Waals surface area contributed by atoms with E-state index in [0.29, 0.717) is 5.92 Å². The van der Waals surface area contributed by atoms with Crippen molar-refractivity contribution in [3.05, 3.63) is 27.8 Å². The number of ether oxygens (including phenoxy) is 1. The highest BCUT2D eigenvalue weighted by Crippen LogP contribution is 2.47. The predicted molar refractivity (Wildman–Crippen MR) is 95.0 cm³/mol. The number of benzene rings is 1. The zero-order valence-corrected chi connectivity index (χ0v) is 16.0. The summed E-state index contributed by atoms with van der Waals surface area (Å²) in [5.74, 6) is 1.15. The second-order valence-electron chi connectivity index (χ2n) is 5.70. The van der Waals surface area contributed by atoms with Gasteiger partial charge < -0.3 is 9.84 Å². The van der Waals surface area contributed by atoms with Crippen molar-refractivity contribution < 1.29 is 14.1 Å². The van der Waals surface area contributed by atoms with Crippen LogP contribution in [0.4, 0.5) is 0 Å². The molecule has 1 aromatic carbocycles. The average molecular weight is 367 g/mol. The standard InChI is InChI=1S/C14H18Cl2O2.C2H6OS/c1-7-12(16)6-11(8(2)15)14(18-3)13(7)9-4-10(17)5-9;1-4(2)3/h6,8-10,17H,4-5H2,1-3H3;1-2H3. The van der Waals surface area contributed by atoms with Crippen LogP contribution in [-0.4, -0.2) is 35.0 Å². The molecule has 1 unspecified atom stereocenters. The Morgan fingerprint density at radius 1 is 1.41 bits per heavy atom. The second-order valence-corrected chi connectivity index (χ2v) is 8.24. The number of aliphatic hydroxyl groups excluding tert-OH is 1. The molecule has 0 heterocycles. The Balaban J connectivity index is 0.000000541. The molecule has 0 bridgehead atoms. The Kier molecular flexibility index (Phi) is 7.66. The molecule has 1 N–H and O–H groups in total. The first-order chi connectivity index (χ1) is 10.2. The first-order valence-electron chi connectivity index (χ1n) is 7.13. The molecule has 6 heteroatoms. The van der Waals surface area contributed by atoms with Crippen LogP contribution < -0.4 is 4.74 Å². The predicted octanol–water partition coefficient (Wildman–Crippen LogP) is 4.19. The van der Waals surface area contributed by atoms with Crippen LogP contribution in [0.15, 0.2) is 6.07 Å². The molecule has 1 saturated carbocycles. The van der Waals surface area contributed by atoms with E-state index >= 15 is 0 Å². The summed E-state index contributed by atoms with van der Waals surface area (Å²) in [5, 5.41) is 10.0. The van der Waals surface area contributed by atoms with Gasteiger partial charge in [-0.25, -0.2) is 0 Å². The average Bonchev–Trinajstić information content (AvgIpc) is 2.37. The van der Waals surface area contributed by atoms with Gasteiger partial charge in [-0.05, 0) is 44.2 Å². The van der Waals surface area contributed by atoms with Gasteiger partial charge in [-0.1, -0.05) is 11.6 Å². The van der Waals surface area contributed by atoms with Gasteiger partial charge in [0.1, 0.15) is 5.75 Å². The second kappa shape index (κ2) is 8.53. The molecule has 0 aliphatic heterocycles. The lowest BCUT2D eigenvalue weighted by Crippen LogP contribution is -2.27. The molecule has 0 radical (unpaired) electrons.